The van der Waals surface area contributed by atoms with Gasteiger partial charge in [-0.25, -0.2) is 0 Å². The van der Waals surface area contributed by atoms with Crippen molar-refractivity contribution in [3.63, 3.8) is 0 Å². The van der Waals surface area contributed by atoms with Gasteiger partial charge in [0.05, 0.1) is 6.54 Å². The van der Waals surface area contributed by atoms with Gasteiger partial charge in [0.1, 0.15) is 18.1 Å². The zero-order chi connectivity index (χ0) is 17.5. The number of nitrogens with one attached hydrogen (secondary N) is 1. The maximum Gasteiger partial charge on any atom is 0.260 e. The Labute approximate surface area is 143 Å². The summed E-state index contributed by atoms with van der Waals surface area (Å²) in [4.78, 5) is 12.1. The Balaban J connectivity index is 1.76. The molecule has 0 spiro atoms. The summed E-state index contributed by atoms with van der Waals surface area (Å²) in [6.07, 6.45) is -0.551. The summed E-state index contributed by atoms with van der Waals surface area (Å²) in [7, 11) is 0. The molecule has 4 heteroatoms. The van der Waals surface area contributed by atoms with E-state index in [1.54, 1.807) is 6.92 Å². The fourth-order valence-electron chi connectivity index (χ4n) is 2.37. The summed E-state index contributed by atoms with van der Waals surface area (Å²) in [6, 6.07) is 13.7. The second-order valence-corrected chi connectivity index (χ2v) is 5.93. The van der Waals surface area contributed by atoms with Crippen LogP contribution in [0.2, 0.25) is 0 Å². The van der Waals surface area contributed by atoms with Gasteiger partial charge in [0, 0.05) is 0 Å². The quantitative estimate of drug-likeness (QED) is 0.791. The molecule has 2 aromatic rings. The predicted octanol–water partition coefficient (Wildman–Crippen LogP) is 3.57. The Morgan fingerprint density at radius 2 is 1.79 bits per heavy atom. The number of carbonyl (C=O) groups excluding carboxylic acids is 1. The molecular formula is C20H25NO3. The Bertz CT molecular complexity index is 697. The first kappa shape index (κ1) is 17.9. The number of hydrogen-bond acceptors (Lipinski definition) is 3. The largest absolute Gasteiger partial charge is 0.491 e. The number of aryl methyl sites for hydroxylation is 3. The molecule has 0 bridgehead atoms. The van der Waals surface area contributed by atoms with Gasteiger partial charge in [-0.3, -0.25) is 4.79 Å². The zero-order valence-corrected chi connectivity index (χ0v) is 14.8. The van der Waals surface area contributed by atoms with Crippen molar-refractivity contribution in [1.29, 1.82) is 0 Å². The van der Waals surface area contributed by atoms with Crippen LogP contribution in [-0.4, -0.2) is 25.2 Å². The number of ether oxygens (including phenoxy) is 2. The Hall–Kier alpha value is -2.49. The van der Waals surface area contributed by atoms with Gasteiger partial charge in [-0.15, -0.1) is 0 Å². The first-order valence-corrected chi connectivity index (χ1v) is 8.17. The molecule has 1 amide bonds. The maximum absolute atomic E-state index is 12.1. The van der Waals surface area contributed by atoms with E-state index in [1.165, 1.54) is 5.56 Å². The van der Waals surface area contributed by atoms with Crippen LogP contribution in [0.25, 0.3) is 0 Å². The van der Waals surface area contributed by atoms with Crippen molar-refractivity contribution in [3.8, 4) is 11.5 Å². The molecule has 2 aromatic carbocycles. The Kier molecular flexibility index (Phi) is 6.24. The van der Waals surface area contributed by atoms with Crippen LogP contribution in [-0.2, 0) is 4.79 Å². The van der Waals surface area contributed by atoms with Gasteiger partial charge in [0.15, 0.2) is 6.10 Å². The van der Waals surface area contributed by atoms with E-state index in [9.17, 15) is 4.79 Å². The van der Waals surface area contributed by atoms with Gasteiger partial charge in [-0.1, -0.05) is 35.9 Å². The maximum atomic E-state index is 12.1. The molecule has 4 nitrogen and oxygen atoms in total. The van der Waals surface area contributed by atoms with Gasteiger partial charge in [0.25, 0.3) is 5.91 Å². The van der Waals surface area contributed by atoms with Crippen molar-refractivity contribution < 1.29 is 14.3 Å². The summed E-state index contributed by atoms with van der Waals surface area (Å²) in [6.45, 7) is 8.61. The van der Waals surface area contributed by atoms with Crippen LogP contribution < -0.4 is 14.8 Å². The number of carbonyl (C=O) groups is 1. The lowest BCUT2D eigenvalue weighted by molar-refractivity contribution is -0.127. The van der Waals surface area contributed by atoms with Crippen molar-refractivity contribution in [1.82, 2.24) is 5.32 Å². The first-order valence-electron chi connectivity index (χ1n) is 8.17. The van der Waals surface area contributed by atoms with Gasteiger partial charge < -0.3 is 14.8 Å². The molecule has 24 heavy (non-hydrogen) atoms. The number of amides is 1. The van der Waals surface area contributed by atoms with Crippen LogP contribution in [0.3, 0.4) is 0 Å². The number of benzene rings is 2. The van der Waals surface area contributed by atoms with Gasteiger partial charge in [-0.2, -0.15) is 0 Å². The first-order chi connectivity index (χ1) is 11.5. The number of hydrogen-bond donors (Lipinski definition) is 1. The Morgan fingerprint density at radius 3 is 2.50 bits per heavy atom. The van der Waals surface area contributed by atoms with E-state index in [2.05, 4.69) is 5.32 Å². The summed E-state index contributed by atoms with van der Waals surface area (Å²) >= 11 is 0. The standard InChI is InChI=1S/C20H25NO3/c1-14-9-10-19(16(3)13-14)24-17(4)20(22)21-11-12-23-18-8-6-5-7-15(18)2/h5-10,13,17H,11-12H2,1-4H3,(H,21,22). The minimum absolute atomic E-state index is 0.150. The third-order valence-electron chi connectivity index (χ3n) is 3.76. The van der Waals surface area contributed by atoms with Crippen LogP contribution in [0.5, 0.6) is 11.5 Å². The molecule has 1 N–H and O–H groups in total. The fraction of sp³-hybridized carbons (Fsp3) is 0.350. The third-order valence-corrected chi connectivity index (χ3v) is 3.76. The van der Waals surface area contributed by atoms with Crippen molar-refractivity contribution in [2.24, 2.45) is 0 Å². The highest BCUT2D eigenvalue weighted by atomic mass is 16.5. The predicted molar refractivity (Wildman–Crippen MR) is 95.7 cm³/mol. The molecular weight excluding hydrogens is 302 g/mol. The van der Waals surface area contributed by atoms with E-state index in [4.69, 9.17) is 9.47 Å². The van der Waals surface area contributed by atoms with Crippen molar-refractivity contribution in [3.05, 3.63) is 59.2 Å². The monoisotopic (exact) mass is 327 g/mol. The molecule has 128 valence electrons. The second kappa shape index (κ2) is 8.39. The normalized spacial score (nSPS) is 11.7. The fourth-order valence-corrected chi connectivity index (χ4v) is 2.37. The van der Waals surface area contributed by atoms with E-state index < -0.39 is 6.10 Å². The van der Waals surface area contributed by atoms with Crippen LogP contribution in [0.15, 0.2) is 42.5 Å². The lowest BCUT2D eigenvalue weighted by atomic mass is 10.1. The van der Waals surface area contributed by atoms with Crippen LogP contribution in [0.1, 0.15) is 23.6 Å². The molecule has 0 aromatic heterocycles. The van der Waals surface area contributed by atoms with Crippen LogP contribution >= 0.6 is 0 Å². The SMILES string of the molecule is Cc1ccc(OC(C)C(=O)NCCOc2ccccc2C)c(C)c1. The topological polar surface area (TPSA) is 47.6 Å². The summed E-state index contributed by atoms with van der Waals surface area (Å²) in [5.41, 5.74) is 3.28. The van der Waals surface area contributed by atoms with E-state index >= 15 is 0 Å². The molecule has 0 saturated carbocycles. The zero-order valence-electron chi connectivity index (χ0n) is 14.8. The second-order valence-electron chi connectivity index (χ2n) is 5.93. The molecule has 0 aliphatic heterocycles. The average Bonchev–Trinajstić information content (AvgIpc) is 2.55. The van der Waals surface area contributed by atoms with Gasteiger partial charge in [-0.05, 0) is 51.0 Å². The third kappa shape index (κ3) is 5.01. The highest BCUT2D eigenvalue weighted by Crippen LogP contribution is 2.20. The number of rotatable bonds is 7. The van der Waals surface area contributed by atoms with E-state index in [1.807, 2.05) is 63.2 Å². The summed E-state index contributed by atoms with van der Waals surface area (Å²) in [5, 5.41) is 2.83. The van der Waals surface area contributed by atoms with E-state index in [-0.39, 0.29) is 5.91 Å². The average molecular weight is 327 g/mol. The molecule has 0 fully saturated rings. The minimum Gasteiger partial charge on any atom is -0.491 e. The lowest BCUT2D eigenvalue weighted by Crippen LogP contribution is -2.38. The highest BCUT2D eigenvalue weighted by Gasteiger charge is 2.15. The molecule has 0 heterocycles. The van der Waals surface area contributed by atoms with E-state index in [0.717, 1.165) is 22.6 Å². The summed E-state index contributed by atoms with van der Waals surface area (Å²) in [5.74, 6) is 1.43. The molecule has 2 rings (SSSR count). The Morgan fingerprint density at radius 1 is 1.04 bits per heavy atom. The van der Waals surface area contributed by atoms with Crippen LogP contribution in [0, 0.1) is 20.8 Å². The van der Waals surface area contributed by atoms with Crippen molar-refractivity contribution >= 4 is 5.91 Å². The molecule has 0 aliphatic carbocycles. The molecule has 0 saturated heterocycles. The molecule has 1 unspecified atom stereocenters. The van der Waals surface area contributed by atoms with Crippen LogP contribution in [0.4, 0.5) is 0 Å². The molecule has 0 radical (unpaired) electrons. The van der Waals surface area contributed by atoms with Crippen molar-refractivity contribution in [2.45, 2.75) is 33.8 Å². The van der Waals surface area contributed by atoms with Crippen molar-refractivity contribution in [2.75, 3.05) is 13.2 Å². The van der Waals surface area contributed by atoms with Gasteiger partial charge in [0.2, 0.25) is 0 Å². The lowest BCUT2D eigenvalue weighted by Gasteiger charge is -2.17. The smallest absolute Gasteiger partial charge is 0.260 e. The molecule has 0 aliphatic rings. The minimum atomic E-state index is -0.551. The highest BCUT2D eigenvalue weighted by molar-refractivity contribution is 5.80. The van der Waals surface area contributed by atoms with E-state index in [0.29, 0.717) is 13.2 Å². The molecule has 1 atom stereocenters. The van der Waals surface area contributed by atoms with Gasteiger partial charge >= 0.3 is 0 Å². The summed E-state index contributed by atoms with van der Waals surface area (Å²) < 4.78 is 11.4. The number of para-hydroxylation sites is 1.